The van der Waals surface area contributed by atoms with Crippen LogP contribution in [0.1, 0.15) is 35.0 Å². The number of amides is 2. The zero-order valence-electron chi connectivity index (χ0n) is 15.9. The van der Waals surface area contributed by atoms with Gasteiger partial charge < -0.3 is 14.2 Å². The molecule has 0 saturated carbocycles. The lowest BCUT2D eigenvalue weighted by atomic mass is 9.96. The van der Waals surface area contributed by atoms with E-state index in [1.165, 1.54) is 4.90 Å². The van der Waals surface area contributed by atoms with E-state index in [4.69, 9.17) is 4.42 Å². The van der Waals surface area contributed by atoms with Crippen molar-refractivity contribution in [2.24, 2.45) is 0 Å². The normalized spacial score (nSPS) is 15.0. The monoisotopic (exact) mass is 377 g/mol. The minimum Gasteiger partial charge on any atom is -0.440 e. The Hall–Kier alpha value is -3.15. The summed E-state index contributed by atoms with van der Waals surface area (Å²) in [7, 11) is 1.66. The molecule has 2 heterocycles. The van der Waals surface area contributed by atoms with E-state index in [0.29, 0.717) is 18.7 Å². The van der Waals surface area contributed by atoms with Crippen LogP contribution in [-0.2, 0) is 4.79 Å². The van der Waals surface area contributed by atoms with Crippen molar-refractivity contribution in [3.05, 3.63) is 66.1 Å². The first-order valence-electron chi connectivity index (χ1n) is 9.55. The molecule has 28 heavy (non-hydrogen) atoms. The predicted molar refractivity (Wildman–Crippen MR) is 106 cm³/mol. The summed E-state index contributed by atoms with van der Waals surface area (Å²) in [6, 6.07) is 16.8. The van der Waals surface area contributed by atoms with Crippen LogP contribution in [0.2, 0.25) is 0 Å². The van der Waals surface area contributed by atoms with Gasteiger partial charge in [-0.3, -0.25) is 9.59 Å². The smallest absolute Gasteiger partial charge is 0.254 e. The van der Waals surface area contributed by atoms with Gasteiger partial charge in [0.05, 0.1) is 6.54 Å². The summed E-state index contributed by atoms with van der Waals surface area (Å²) < 4.78 is 5.88. The predicted octanol–water partition coefficient (Wildman–Crippen LogP) is 3.31. The molecule has 3 aromatic rings. The Labute approximate surface area is 163 Å². The molecule has 0 aliphatic carbocycles. The first kappa shape index (κ1) is 18.2. The Morgan fingerprint density at radius 2 is 1.75 bits per heavy atom. The lowest BCUT2D eigenvalue weighted by molar-refractivity contribution is -0.132. The molecular formula is C22H23N3O3. The van der Waals surface area contributed by atoms with Gasteiger partial charge in [0.2, 0.25) is 5.91 Å². The van der Waals surface area contributed by atoms with E-state index in [1.54, 1.807) is 19.2 Å². The summed E-state index contributed by atoms with van der Waals surface area (Å²) >= 11 is 0. The third-order valence-electron chi connectivity index (χ3n) is 5.25. The van der Waals surface area contributed by atoms with Gasteiger partial charge in [-0.05, 0) is 37.1 Å². The second kappa shape index (κ2) is 7.84. The molecular weight excluding hydrogens is 354 g/mol. The van der Waals surface area contributed by atoms with Crippen LogP contribution in [0.5, 0.6) is 0 Å². The molecule has 0 spiro atoms. The Morgan fingerprint density at radius 3 is 2.46 bits per heavy atom. The number of para-hydroxylation sites is 2. The number of piperidine rings is 1. The number of aromatic nitrogens is 1. The molecule has 1 fully saturated rings. The van der Waals surface area contributed by atoms with Crippen LogP contribution < -0.4 is 0 Å². The summed E-state index contributed by atoms with van der Waals surface area (Å²) in [5, 5.41) is 0. The molecule has 2 aromatic carbocycles. The molecule has 0 N–H and O–H groups in total. The number of fused-ring (bicyclic) bond motifs is 1. The van der Waals surface area contributed by atoms with Crippen molar-refractivity contribution in [1.82, 2.24) is 14.8 Å². The molecule has 1 aliphatic rings. The molecule has 1 aromatic heterocycles. The molecule has 1 aliphatic heterocycles. The standard InChI is InChI=1S/C22H23N3O3/c1-24(22(27)17-7-3-2-4-8-17)15-20(26)25-13-11-16(12-14-25)21-23-18-9-5-6-10-19(18)28-21/h2-10,16H,11-15H2,1H3. The van der Waals surface area contributed by atoms with Crippen LogP contribution in [0.3, 0.4) is 0 Å². The van der Waals surface area contributed by atoms with Gasteiger partial charge in [0.15, 0.2) is 11.5 Å². The third-order valence-corrected chi connectivity index (χ3v) is 5.25. The average molecular weight is 377 g/mol. The van der Waals surface area contributed by atoms with Gasteiger partial charge in [-0.2, -0.15) is 0 Å². The Bertz CT molecular complexity index is 942. The van der Waals surface area contributed by atoms with Crippen LogP contribution in [0.4, 0.5) is 0 Å². The van der Waals surface area contributed by atoms with E-state index in [9.17, 15) is 9.59 Å². The number of rotatable bonds is 4. The van der Waals surface area contributed by atoms with Crippen molar-refractivity contribution in [3.63, 3.8) is 0 Å². The Kier molecular flexibility index (Phi) is 5.10. The molecule has 0 radical (unpaired) electrons. The molecule has 2 amide bonds. The van der Waals surface area contributed by atoms with E-state index in [1.807, 2.05) is 47.4 Å². The maximum absolute atomic E-state index is 12.6. The maximum Gasteiger partial charge on any atom is 0.254 e. The average Bonchev–Trinajstić information content (AvgIpc) is 3.18. The van der Waals surface area contributed by atoms with Gasteiger partial charge in [-0.25, -0.2) is 4.98 Å². The minimum atomic E-state index is -0.143. The van der Waals surface area contributed by atoms with E-state index in [-0.39, 0.29) is 24.3 Å². The molecule has 144 valence electrons. The summed E-state index contributed by atoms with van der Waals surface area (Å²) in [4.78, 5) is 32.9. The molecule has 6 nitrogen and oxygen atoms in total. The highest BCUT2D eigenvalue weighted by molar-refractivity contribution is 5.96. The van der Waals surface area contributed by atoms with Crippen molar-refractivity contribution in [1.29, 1.82) is 0 Å². The van der Waals surface area contributed by atoms with E-state index in [0.717, 1.165) is 29.8 Å². The number of carbonyl (C=O) groups is 2. The van der Waals surface area contributed by atoms with Crippen LogP contribution in [0, 0.1) is 0 Å². The number of oxazole rings is 1. The van der Waals surface area contributed by atoms with Crippen LogP contribution in [0.15, 0.2) is 59.0 Å². The van der Waals surface area contributed by atoms with Gasteiger partial charge in [0.1, 0.15) is 5.52 Å². The van der Waals surface area contributed by atoms with Crippen LogP contribution in [0.25, 0.3) is 11.1 Å². The molecule has 0 bridgehead atoms. The summed E-state index contributed by atoms with van der Waals surface area (Å²) in [5.74, 6) is 0.808. The van der Waals surface area contributed by atoms with Gasteiger partial charge in [-0.1, -0.05) is 30.3 Å². The highest BCUT2D eigenvalue weighted by Gasteiger charge is 2.28. The Balaban J connectivity index is 1.33. The fourth-order valence-electron chi connectivity index (χ4n) is 3.62. The van der Waals surface area contributed by atoms with Gasteiger partial charge in [0, 0.05) is 31.6 Å². The maximum atomic E-state index is 12.6. The van der Waals surface area contributed by atoms with Gasteiger partial charge in [-0.15, -0.1) is 0 Å². The first-order valence-corrected chi connectivity index (χ1v) is 9.55. The number of nitrogens with zero attached hydrogens (tertiary/aromatic N) is 3. The van der Waals surface area contributed by atoms with E-state index in [2.05, 4.69) is 4.98 Å². The minimum absolute atomic E-state index is 0.0252. The SMILES string of the molecule is CN(CC(=O)N1CCC(c2nc3ccccc3o2)CC1)C(=O)c1ccccc1. The van der Waals surface area contributed by atoms with Crippen LogP contribution in [-0.4, -0.2) is 53.3 Å². The largest absolute Gasteiger partial charge is 0.440 e. The van der Waals surface area contributed by atoms with Crippen molar-refractivity contribution in [2.45, 2.75) is 18.8 Å². The molecule has 0 unspecified atom stereocenters. The van der Waals surface area contributed by atoms with Crippen molar-refractivity contribution in [3.8, 4) is 0 Å². The van der Waals surface area contributed by atoms with Crippen molar-refractivity contribution < 1.29 is 14.0 Å². The fraction of sp³-hybridized carbons (Fsp3) is 0.318. The summed E-state index contributed by atoms with van der Waals surface area (Å²) in [6.07, 6.45) is 1.63. The summed E-state index contributed by atoms with van der Waals surface area (Å²) in [5.41, 5.74) is 2.27. The lowest BCUT2D eigenvalue weighted by Gasteiger charge is -2.32. The molecule has 1 saturated heterocycles. The second-order valence-corrected chi connectivity index (χ2v) is 7.20. The molecule has 6 heteroatoms. The first-order chi connectivity index (χ1) is 13.6. The molecule has 0 atom stereocenters. The Morgan fingerprint density at radius 1 is 1.07 bits per heavy atom. The topological polar surface area (TPSA) is 66.7 Å². The highest BCUT2D eigenvalue weighted by atomic mass is 16.3. The fourth-order valence-corrected chi connectivity index (χ4v) is 3.62. The summed E-state index contributed by atoms with van der Waals surface area (Å²) in [6.45, 7) is 1.38. The number of likely N-dealkylation sites (N-methyl/N-ethyl adjacent to an activating group) is 1. The van der Waals surface area contributed by atoms with Gasteiger partial charge in [0.25, 0.3) is 5.91 Å². The van der Waals surface area contributed by atoms with Crippen molar-refractivity contribution in [2.75, 3.05) is 26.7 Å². The zero-order chi connectivity index (χ0) is 19.5. The van der Waals surface area contributed by atoms with Crippen LogP contribution >= 0.6 is 0 Å². The van der Waals surface area contributed by atoms with E-state index >= 15 is 0 Å². The number of likely N-dealkylation sites (tertiary alicyclic amines) is 1. The van der Waals surface area contributed by atoms with Crippen molar-refractivity contribution >= 4 is 22.9 Å². The van der Waals surface area contributed by atoms with E-state index < -0.39 is 0 Å². The number of hydrogen-bond acceptors (Lipinski definition) is 4. The number of benzene rings is 2. The lowest BCUT2D eigenvalue weighted by Crippen LogP contribution is -2.44. The number of hydrogen-bond donors (Lipinski definition) is 0. The quantitative estimate of drug-likeness (QED) is 0.700. The second-order valence-electron chi connectivity index (χ2n) is 7.20. The third kappa shape index (κ3) is 3.76. The zero-order valence-corrected chi connectivity index (χ0v) is 15.9. The highest BCUT2D eigenvalue weighted by Crippen LogP contribution is 2.29. The molecule has 4 rings (SSSR count). The number of carbonyl (C=O) groups excluding carboxylic acids is 2. The van der Waals surface area contributed by atoms with Gasteiger partial charge >= 0.3 is 0 Å².